The van der Waals surface area contributed by atoms with E-state index in [1.807, 2.05) is 26.8 Å². The van der Waals surface area contributed by atoms with E-state index in [4.69, 9.17) is 23.2 Å². The minimum Gasteiger partial charge on any atom is -0.324 e. The summed E-state index contributed by atoms with van der Waals surface area (Å²) in [7, 11) is 0. The molecule has 0 bridgehead atoms. The SMILES string of the molecule is Cc1cc(Cl)cc2c1NC(=O)[C@@]21N[C@@H](C(C)C)[C@H]2C(=O)N(Cc3ccccc3Cl)C(=O)[C@H]21. The number of imide groups is 1. The number of likely N-dealkylation sites (tertiary alicyclic amines) is 1. The number of aryl methyl sites for hydroxylation is 1. The summed E-state index contributed by atoms with van der Waals surface area (Å²) in [6, 6.07) is 10.3. The van der Waals surface area contributed by atoms with E-state index >= 15 is 0 Å². The molecule has 4 atom stereocenters. The van der Waals surface area contributed by atoms with Crippen LogP contribution in [-0.2, 0) is 26.5 Å². The minimum atomic E-state index is -1.34. The topological polar surface area (TPSA) is 78.5 Å². The first-order valence-corrected chi connectivity index (χ1v) is 11.4. The van der Waals surface area contributed by atoms with Crippen molar-refractivity contribution in [2.75, 3.05) is 5.32 Å². The predicted molar refractivity (Wildman–Crippen MR) is 122 cm³/mol. The Balaban J connectivity index is 1.65. The van der Waals surface area contributed by atoms with Gasteiger partial charge in [-0.25, -0.2) is 0 Å². The molecule has 6 nitrogen and oxygen atoms in total. The Hall–Kier alpha value is -2.41. The van der Waals surface area contributed by atoms with Crippen LogP contribution in [0.4, 0.5) is 5.69 Å². The number of amides is 3. The number of hydrogen-bond acceptors (Lipinski definition) is 4. The highest BCUT2D eigenvalue weighted by atomic mass is 35.5. The molecule has 2 aromatic carbocycles. The largest absolute Gasteiger partial charge is 0.324 e. The normalized spacial score (nSPS) is 28.6. The van der Waals surface area contributed by atoms with Crippen molar-refractivity contribution in [1.82, 2.24) is 10.2 Å². The average molecular weight is 472 g/mol. The van der Waals surface area contributed by atoms with Gasteiger partial charge in [0.2, 0.25) is 17.7 Å². The molecule has 5 rings (SSSR count). The third-order valence-electron chi connectivity index (χ3n) is 7.02. The van der Waals surface area contributed by atoms with Crippen LogP contribution in [0.25, 0.3) is 0 Å². The molecule has 2 N–H and O–H groups in total. The van der Waals surface area contributed by atoms with Crippen LogP contribution in [0.15, 0.2) is 36.4 Å². The molecule has 2 aromatic rings. The fraction of sp³-hybridized carbons (Fsp3) is 0.375. The van der Waals surface area contributed by atoms with Crippen molar-refractivity contribution < 1.29 is 14.4 Å². The Morgan fingerprint density at radius 3 is 2.50 bits per heavy atom. The lowest BCUT2D eigenvalue weighted by atomic mass is 9.75. The summed E-state index contributed by atoms with van der Waals surface area (Å²) in [6.07, 6.45) is 0. The lowest BCUT2D eigenvalue weighted by Crippen LogP contribution is -2.53. The van der Waals surface area contributed by atoms with E-state index in [-0.39, 0.29) is 36.2 Å². The number of benzene rings is 2. The molecular formula is C24H23Cl2N3O3. The number of carbonyl (C=O) groups is 3. The monoisotopic (exact) mass is 471 g/mol. The molecule has 166 valence electrons. The number of hydrogen-bond donors (Lipinski definition) is 2. The van der Waals surface area contributed by atoms with Crippen molar-refractivity contribution in [2.45, 2.75) is 38.9 Å². The van der Waals surface area contributed by atoms with E-state index in [1.165, 1.54) is 4.90 Å². The first kappa shape index (κ1) is 21.4. The van der Waals surface area contributed by atoms with Crippen molar-refractivity contribution in [3.8, 4) is 0 Å². The summed E-state index contributed by atoms with van der Waals surface area (Å²) in [4.78, 5) is 42.1. The van der Waals surface area contributed by atoms with Gasteiger partial charge in [0.05, 0.1) is 18.4 Å². The lowest BCUT2D eigenvalue weighted by Gasteiger charge is -2.30. The van der Waals surface area contributed by atoms with Crippen LogP contribution < -0.4 is 10.6 Å². The molecule has 0 saturated carbocycles. The molecule has 1 spiro atoms. The van der Waals surface area contributed by atoms with E-state index in [0.29, 0.717) is 26.9 Å². The smallest absolute Gasteiger partial charge is 0.250 e. The van der Waals surface area contributed by atoms with Gasteiger partial charge in [-0.2, -0.15) is 0 Å². The molecule has 32 heavy (non-hydrogen) atoms. The summed E-state index contributed by atoms with van der Waals surface area (Å²) >= 11 is 12.7. The van der Waals surface area contributed by atoms with Gasteiger partial charge in [-0.3, -0.25) is 24.6 Å². The van der Waals surface area contributed by atoms with Crippen LogP contribution in [-0.4, -0.2) is 28.7 Å². The Kier molecular flexibility index (Phi) is 4.89. The molecular weight excluding hydrogens is 449 g/mol. The van der Waals surface area contributed by atoms with Gasteiger partial charge in [0.25, 0.3) is 0 Å². The van der Waals surface area contributed by atoms with Gasteiger partial charge < -0.3 is 5.32 Å². The van der Waals surface area contributed by atoms with Crippen LogP contribution >= 0.6 is 23.2 Å². The van der Waals surface area contributed by atoms with Crippen LogP contribution in [0.1, 0.15) is 30.5 Å². The quantitative estimate of drug-likeness (QED) is 0.665. The van der Waals surface area contributed by atoms with E-state index < -0.39 is 17.4 Å². The first-order valence-electron chi connectivity index (χ1n) is 10.6. The third-order valence-corrected chi connectivity index (χ3v) is 7.60. The number of nitrogens with one attached hydrogen (secondary N) is 2. The van der Waals surface area contributed by atoms with Crippen molar-refractivity contribution in [3.05, 3.63) is 63.1 Å². The molecule has 3 heterocycles. The average Bonchev–Trinajstić information content (AvgIpc) is 3.31. The van der Waals surface area contributed by atoms with E-state index in [0.717, 1.165) is 5.56 Å². The summed E-state index contributed by atoms with van der Waals surface area (Å²) in [5, 5.41) is 7.33. The zero-order valence-electron chi connectivity index (χ0n) is 17.9. The van der Waals surface area contributed by atoms with Gasteiger partial charge in [0.15, 0.2) is 0 Å². The highest BCUT2D eigenvalue weighted by molar-refractivity contribution is 6.31. The molecule has 3 aliphatic rings. The van der Waals surface area contributed by atoms with Gasteiger partial charge in [-0.15, -0.1) is 0 Å². The Bertz CT molecular complexity index is 1180. The minimum absolute atomic E-state index is 0.0241. The molecule has 3 amide bonds. The summed E-state index contributed by atoms with van der Waals surface area (Å²) < 4.78 is 0. The van der Waals surface area contributed by atoms with Crippen LogP contribution in [0.5, 0.6) is 0 Å². The van der Waals surface area contributed by atoms with Crippen LogP contribution in [0.2, 0.25) is 10.0 Å². The van der Waals surface area contributed by atoms with Gasteiger partial charge in [-0.05, 0) is 42.2 Å². The zero-order valence-corrected chi connectivity index (χ0v) is 19.4. The van der Waals surface area contributed by atoms with Gasteiger partial charge >= 0.3 is 0 Å². The summed E-state index contributed by atoms with van der Waals surface area (Å²) in [5.41, 5.74) is 1.45. The molecule has 2 fully saturated rings. The number of anilines is 1. The number of nitrogens with zero attached hydrogens (tertiary/aromatic N) is 1. The highest BCUT2D eigenvalue weighted by Gasteiger charge is 2.70. The van der Waals surface area contributed by atoms with Gasteiger partial charge in [0.1, 0.15) is 5.54 Å². The van der Waals surface area contributed by atoms with Crippen LogP contribution in [0, 0.1) is 24.7 Å². The molecule has 3 aliphatic heterocycles. The number of halogens is 2. The van der Waals surface area contributed by atoms with Crippen molar-refractivity contribution >= 4 is 46.6 Å². The molecule has 8 heteroatoms. The van der Waals surface area contributed by atoms with E-state index in [1.54, 1.807) is 30.3 Å². The second-order valence-corrected chi connectivity index (χ2v) is 10.0. The maximum atomic E-state index is 13.8. The summed E-state index contributed by atoms with van der Waals surface area (Å²) in [5.74, 6) is -2.45. The molecule has 2 saturated heterocycles. The fourth-order valence-electron chi connectivity index (χ4n) is 5.55. The fourth-order valence-corrected chi connectivity index (χ4v) is 6.02. The third kappa shape index (κ3) is 2.79. The van der Waals surface area contributed by atoms with Crippen molar-refractivity contribution in [1.29, 1.82) is 0 Å². The second kappa shape index (κ2) is 7.30. The van der Waals surface area contributed by atoms with Crippen molar-refractivity contribution in [2.24, 2.45) is 17.8 Å². The summed E-state index contributed by atoms with van der Waals surface area (Å²) in [6.45, 7) is 5.91. The highest BCUT2D eigenvalue weighted by Crippen LogP contribution is 2.55. The van der Waals surface area contributed by atoms with Gasteiger partial charge in [0, 0.05) is 27.3 Å². The lowest BCUT2D eigenvalue weighted by molar-refractivity contribution is -0.143. The standard InChI is InChI=1S/C24H23Cl2N3O3/c1-11(2)19-17-18(22(31)29(21(17)30)10-13-6-4-5-7-16(13)26)24(28-19)15-9-14(25)8-12(3)20(15)27-23(24)32/h4-9,11,17-19,28H,10H2,1-3H3,(H,27,32)/t17-,18-,19-,24+/m0/s1. The number of carbonyl (C=O) groups excluding carboxylic acids is 3. The number of fused-ring (bicyclic) bond motifs is 4. The second-order valence-electron chi connectivity index (χ2n) is 9.18. The zero-order chi connectivity index (χ0) is 22.9. The Morgan fingerprint density at radius 2 is 1.81 bits per heavy atom. The van der Waals surface area contributed by atoms with Gasteiger partial charge in [-0.1, -0.05) is 55.2 Å². The molecule has 0 aliphatic carbocycles. The molecule has 0 radical (unpaired) electrons. The molecule has 0 unspecified atom stereocenters. The first-order chi connectivity index (χ1) is 15.2. The predicted octanol–water partition coefficient (Wildman–Crippen LogP) is 3.88. The maximum absolute atomic E-state index is 13.8. The van der Waals surface area contributed by atoms with E-state index in [9.17, 15) is 14.4 Å². The number of rotatable bonds is 3. The van der Waals surface area contributed by atoms with E-state index in [2.05, 4.69) is 10.6 Å². The Labute approximate surface area is 196 Å². The molecule has 0 aromatic heterocycles. The maximum Gasteiger partial charge on any atom is 0.250 e. The van der Waals surface area contributed by atoms with Crippen LogP contribution in [0.3, 0.4) is 0 Å². The van der Waals surface area contributed by atoms with Crippen molar-refractivity contribution in [3.63, 3.8) is 0 Å². The Morgan fingerprint density at radius 1 is 1.09 bits per heavy atom.